The average molecular weight is 264 g/mol. The molecule has 2 aromatic rings. The molecule has 0 atom stereocenters. The topological polar surface area (TPSA) is 48.1 Å². The number of hydrogen-bond donors (Lipinski definition) is 2. The van der Waals surface area contributed by atoms with E-state index in [-0.39, 0.29) is 5.91 Å². The van der Waals surface area contributed by atoms with Gasteiger partial charge in [-0.2, -0.15) is 0 Å². The molecule has 0 radical (unpaired) electrons. The number of anilines is 2. The van der Waals surface area contributed by atoms with Crippen LogP contribution in [0.5, 0.6) is 0 Å². The summed E-state index contributed by atoms with van der Waals surface area (Å²) in [7, 11) is 3.93. The van der Waals surface area contributed by atoms with Gasteiger partial charge in [-0.1, -0.05) is 11.6 Å². The van der Waals surface area contributed by atoms with E-state index in [1.807, 2.05) is 43.3 Å². The molecule has 0 saturated heterocycles. The molecular formula is C13H14ClN3O. The molecule has 1 amide bonds. The maximum Gasteiger partial charge on any atom is 0.272 e. The first-order valence-corrected chi connectivity index (χ1v) is 5.87. The molecule has 0 aliphatic heterocycles. The SMILES string of the molecule is CN(C)c1ccc(NC(=O)c2cc(Cl)c[nH]2)cc1. The normalized spacial score (nSPS) is 10.2. The van der Waals surface area contributed by atoms with Crippen LogP contribution >= 0.6 is 11.6 Å². The number of benzene rings is 1. The third-order valence-electron chi connectivity index (χ3n) is 2.53. The van der Waals surface area contributed by atoms with Gasteiger partial charge in [0.25, 0.3) is 5.91 Å². The molecule has 0 fully saturated rings. The number of carbonyl (C=O) groups excluding carboxylic acids is 1. The number of rotatable bonds is 3. The zero-order valence-electron chi connectivity index (χ0n) is 10.2. The van der Waals surface area contributed by atoms with Crippen molar-refractivity contribution in [2.45, 2.75) is 0 Å². The molecule has 1 aromatic carbocycles. The molecular weight excluding hydrogens is 250 g/mol. The number of nitrogens with one attached hydrogen (secondary N) is 2. The summed E-state index contributed by atoms with van der Waals surface area (Å²) in [6.07, 6.45) is 1.58. The highest BCUT2D eigenvalue weighted by atomic mass is 35.5. The minimum absolute atomic E-state index is 0.209. The van der Waals surface area contributed by atoms with Crippen LogP contribution in [-0.2, 0) is 0 Å². The molecule has 0 saturated carbocycles. The monoisotopic (exact) mass is 263 g/mol. The second-order valence-corrected chi connectivity index (χ2v) is 4.56. The Hall–Kier alpha value is -1.94. The summed E-state index contributed by atoms with van der Waals surface area (Å²) in [5, 5.41) is 3.31. The smallest absolute Gasteiger partial charge is 0.272 e. The van der Waals surface area contributed by atoms with Gasteiger partial charge in [0.05, 0.1) is 5.02 Å². The number of halogens is 1. The Balaban J connectivity index is 2.07. The number of H-pyrrole nitrogens is 1. The van der Waals surface area contributed by atoms with Crippen LogP contribution in [0.3, 0.4) is 0 Å². The van der Waals surface area contributed by atoms with E-state index in [1.165, 1.54) is 0 Å². The maximum atomic E-state index is 11.8. The van der Waals surface area contributed by atoms with Gasteiger partial charge in [-0.05, 0) is 30.3 Å². The van der Waals surface area contributed by atoms with E-state index in [0.717, 1.165) is 11.4 Å². The Labute approximate surface area is 111 Å². The van der Waals surface area contributed by atoms with Crippen molar-refractivity contribution in [2.75, 3.05) is 24.3 Å². The van der Waals surface area contributed by atoms with E-state index in [2.05, 4.69) is 10.3 Å². The standard InChI is InChI=1S/C13H14ClN3O/c1-17(2)11-5-3-10(4-6-11)16-13(18)12-7-9(14)8-15-12/h3-8,15H,1-2H3,(H,16,18). The highest BCUT2D eigenvalue weighted by molar-refractivity contribution is 6.31. The fraction of sp³-hybridized carbons (Fsp3) is 0.154. The van der Waals surface area contributed by atoms with E-state index in [9.17, 15) is 4.79 Å². The van der Waals surface area contributed by atoms with Crippen molar-refractivity contribution in [2.24, 2.45) is 0 Å². The Kier molecular flexibility index (Phi) is 3.58. The summed E-state index contributed by atoms with van der Waals surface area (Å²) in [4.78, 5) is 16.6. The average Bonchev–Trinajstić information content (AvgIpc) is 2.76. The molecule has 1 heterocycles. The van der Waals surface area contributed by atoms with E-state index >= 15 is 0 Å². The van der Waals surface area contributed by atoms with Gasteiger partial charge >= 0.3 is 0 Å². The molecule has 0 spiro atoms. The van der Waals surface area contributed by atoms with Crippen LogP contribution in [0.2, 0.25) is 5.02 Å². The molecule has 2 rings (SSSR count). The van der Waals surface area contributed by atoms with Gasteiger partial charge in [-0.25, -0.2) is 0 Å². The van der Waals surface area contributed by atoms with E-state index < -0.39 is 0 Å². The Morgan fingerprint density at radius 2 is 1.94 bits per heavy atom. The van der Waals surface area contributed by atoms with Gasteiger partial charge in [-0.3, -0.25) is 4.79 Å². The molecule has 94 valence electrons. The zero-order valence-corrected chi connectivity index (χ0v) is 11.0. The van der Waals surface area contributed by atoms with Crippen LogP contribution in [0, 0.1) is 0 Å². The van der Waals surface area contributed by atoms with Gasteiger partial charge < -0.3 is 15.2 Å². The lowest BCUT2D eigenvalue weighted by molar-refractivity contribution is 0.102. The second-order valence-electron chi connectivity index (χ2n) is 4.13. The fourth-order valence-electron chi connectivity index (χ4n) is 1.54. The van der Waals surface area contributed by atoms with Crippen molar-refractivity contribution in [3.63, 3.8) is 0 Å². The van der Waals surface area contributed by atoms with Crippen LogP contribution in [0.4, 0.5) is 11.4 Å². The van der Waals surface area contributed by atoms with E-state index in [1.54, 1.807) is 12.3 Å². The number of nitrogens with zero attached hydrogens (tertiary/aromatic N) is 1. The quantitative estimate of drug-likeness (QED) is 0.894. The van der Waals surface area contributed by atoms with Crippen molar-refractivity contribution >= 4 is 28.9 Å². The number of hydrogen-bond acceptors (Lipinski definition) is 2. The van der Waals surface area contributed by atoms with Crippen molar-refractivity contribution in [1.29, 1.82) is 0 Å². The predicted molar refractivity (Wildman–Crippen MR) is 74.5 cm³/mol. The first-order chi connectivity index (χ1) is 8.56. The van der Waals surface area contributed by atoms with Crippen LogP contribution < -0.4 is 10.2 Å². The third kappa shape index (κ3) is 2.84. The highest BCUT2D eigenvalue weighted by Gasteiger charge is 2.08. The lowest BCUT2D eigenvalue weighted by Gasteiger charge is -2.12. The number of aromatic amines is 1. The van der Waals surface area contributed by atoms with Gasteiger partial charge in [0.2, 0.25) is 0 Å². The lowest BCUT2D eigenvalue weighted by atomic mass is 10.2. The van der Waals surface area contributed by atoms with Gasteiger partial charge in [0, 0.05) is 31.7 Å². The molecule has 0 aliphatic carbocycles. The summed E-state index contributed by atoms with van der Waals surface area (Å²) in [5.41, 5.74) is 2.27. The molecule has 18 heavy (non-hydrogen) atoms. The molecule has 0 aliphatic rings. The Morgan fingerprint density at radius 1 is 1.28 bits per heavy atom. The largest absolute Gasteiger partial charge is 0.378 e. The van der Waals surface area contributed by atoms with Crippen LogP contribution in [-0.4, -0.2) is 25.0 Å². The van der Waals surface area contributed by atoms with E-state index in [0.29, 0.717) is 10.7 Å². The van der Waals surface area contributed by atoms with Crippen molar-refractivity contribution in [1.82, 2.24) is 4.98 Å². The Bertz CT molecular complexity index is 546. The maximum absolute atomic E-state index is 11.8. The fourth-order valence-corrected chi connectivity index (χ4v) is 1.70. The summed E-state index contributed by atoms with van der Waals surface area (Å²) >= 11 is 5.75. The molecule has 2 N–H and O–H groups in total. The first-order valence-electron chi connectivity index (χ1n) is 5.49. The zero-order chi connectivity index (χ0) is 13.1. The molecule has 1 aromatic heterocycles. The first kappa shape index (κ1) is 12.5. The third-order valence-corrected chi connectivity index (χ3v) is 2.75. The summed E-state index contributed by atoms with van der Waals surface area (Å²) in [6.45, 7) is 0. The van der Waals surface area contributed by atoms with Crippen LogP contribution in [0.1, 0.15) is 10.5 Å². The van der Waals surface area contributed by atoms with Gasteiger partial charge in [0.1, 0.15) is 5.69 Å². The summed E-state index contributed by atoms with van der Waals surface area (Å²) < 4.78 is 0. The minimum Gasteiger partial charge on any atom is -0.378 e. The number of amides is 1. The van der Waals surface area contributed by atoms with Crippen molar-refractivity contribution < 1.29 is 4.79 Å². The molecule has 0 unspecified atom stereocenters. The van der Waals surface area contributed by atoms with Crippen molar-refractivity contribution in [3.8, 4) is 0 Å². The molecule has 0 bridgehead atoms. The molecule has 4 nitrogen and oxygen atoms in total. The minimum atomic E-state index is -0.209. The lowest BCUT2D eigenvalue weighted by Crippen LogP contribution is -2.12. The van der Waals surface area contributed by atoms with Crippen LogP contribution in [0.25, 0.3) is 0 Å². The summed E-state index contributed by atoms with van der Waals surface area (Å²) in [6, 6.07) is 9.19. The van der Waals surface area contributed by atoms with Gasteiger partial charge in [-0.15, -0.1) is 0 Å². The predicted octanol–water partition coefficient (Wildman–Crippen LogP) is 2.99. The van der Waals surface area contributed by atoms with E-state index in [4.69, 9.17) is 11.6 Å². The highest BCUT2D eigenvalue weighted by Crippen LogP contribution is 2.17. The van der Waals surface area contributed by atoms with Crippen LogP contribution in [0.15, 0.2) is 36.5 Å². The van der Waals surface area contributed by atoms with Gasteiger partial charge in [0.15, 0.2) is 0 Å². The Morgan fingerprint density at radius 3 is 2.44 bits per heavy atom. The number of carbonyl (C=O) groups is 1. The second kappa shape index (κ2) is 5.14. The number of aromatic nitrogens is 1. The summed E-state index contributed by atoms with van der Waals surface area (Å²) in [5.74, 6) is -0.209. The van der Waals surface area contributed by atoms with Crippen molar-refractivity contribution in [3.05, 3.63) is 47.2 Å². The molecule has 5 heteroatoms.